The molecule has 0 radical (unpaired) electrons. The number of fused-ring (bicyclic) bond motifs is 34. The number of hydrogen-bond acceptors (Lipinski definition) is 12. The minimum atomic E-state index is -0.476. The molecule has 4 heterocycles. The number of nitrogens with zero attached hydrogens (tertiary/aromatic N) is 7. The number of nitro groups is 1. The van der Waals surface area contributed by atoms with Crippen LogP contribution in [-0.2, 0) is 38.4 Å². The zero-order valence-electron chi connectivity index (χ0n) is 51.6. The van der Waals surface area contributed by atoms with E-state index in [2.05, 4.69) is 66.8 Å². The lowest BCUT2D eigenvalue weighted by atomic mass is 9.65. The van der Waals surface area contributed by atoms with Gasteiger partial charge >= 0.3 is 0 Å². The van der Waals surface area contributed by atoms with E-state index >= 15 is 0 Å². The fourth-order valence-electron chi connectivity index (χ4n) is 22.6. The summed E-state index contributed by atoms with van der Waals surface area (Å²) in [5.41, 5.74) is 5.59. The topological polar surface area (TPSA) is 240 Å². The molecule has 95 heavy (non-hydrogen) atoms. The van der Waals surface area contributed by atoms with E-state index in [4.69, 9.17) is 10.5 Å². The minimum absolute atomic E-state index is 0.00240. The Morgan fingerprint density at radius 2 is 0.568 bits per heavy atom. The first-order chi connectivity index (χ1) is 46.2. The van der Waals surface area contributed by atoms with Crippen LogP contribution < -0.4 is 19.6 Å². The second-order valence-corrected chi connectivity index (χ2v) is 29.5. The van der Waals surface area contributed by atoms with Gasteiger partial charge in [0, 0.05) is 12.1 Å². The van der Waals surface area contributed by atoms with Gasteiger partial charge in [0.1, 0.15) is 0 Å². The number of rotatable bonds is 6. The normalized spacial score (nSPS) is 38.7. The monoisotopic (exact) mass is 1260 g/mol. The molecule has 24 atom stereocenters. The quantitative estimate of drug-likeness (QED) is 0.0507. The summed E-state index contributed by atoms with van der Waals surface area (Å²) in [5, 5.41) is 28.6. The Morgan fingerprint density at radius 3 is 0.863 bits per heavy atom. The zero-order valence-corrected chi connectivity index (χ0v) is 51.6. The minimum Gasteiger partial charge on any atom is -0.274 e. The van der Waals surface area contributed by atoms with Crippen LogP contribution in [0.2, 0.25) is 0 Å². The van der Waals surface area contributed by atoms with E-state index in [1.54, 1.807) is 48.5 Å². The summed E-state index contributed by atoms with van der Waals surface area (Å²) < 4.78 is 0. The molecule has 12 fully saturated rings. The molecule has 5 aromatic rings. The second-order valence-electron chi connectivity index (χ2n) is 29.5. The fourth-order valence-corrected chi connectivity index (χ4v) is 22.6. The van der Waals surface area contributed by atoms with Gasteiger partial charge in [-0.1, -0.05) is 91.1 Å². The van der Waals surface area contributed by atoms with Crippen LogP contribution in [0.4, 0.5) is 28.4 Å². The standard InChI is InChI=1S/C21H18N2O2.C21H17NO2.C20H18N2O4.C16H12N2O2/c22-9-10-1-5-13(6-2-10)23-20(24)18-14-8-15(19(18)21(23)25)17-12-4-3-11(7-12)16(14)17;23-20-18-15-6-7-16(12-15)19(18)21(24)22(20)17-10-8-14(9-11-17)13-4-2-1-3-5-13;23-19-17-13-8-14(16-10-2-1-9(7-10)15(13)16)18(17)20(24)21(19)11-3-5-12(6-4-11)22(25)26;17-8-9-1-5-12(6-2-9)18-15(19)13-10-3-4-11(7-10)14(13)16(18)20/h1-6,11-12,14-19H,7-8H2;1-11,15-16,18-19H,12H2;1-6,9-10,13-18H,7-8H2;1-6,10-11,13-14H,7H2. The van der Waals surface area contributed by atoms with Gasteiger partial charge in [-0.15, -0.1) is 0 Å². The molecule has 17 heteroatoms. The van der Waals surface area contributed by atoms with E-state index in [0.29, 0.717) is 105 Å². The molecule has 472 valence electrons. The molecular weight excluding hydrogens is 1190 g/mol. The number of anilines is 4. The highest BCUT2D eigenvalue weighted by atomic mass is 16.6. The first-order valence-corrected chi connectivity index (χ1v) is 33.8. The largest absolute Gasteiger partial charge is 0.274 e. The average Bonchev–Trinajstić information content (AvgIpc) is 1.71. The van der Waals surface area contributed by atoms with Crippen molar-refractivity contribution in [3.05, 3.63) is 197 Å². The van der Waals surface area contributed by atoms with Gasteiger partial charge in [0.2, 0.25) is 47.3 Å². The van der Waals surface area contributed by atoms with Crippen molar-refractivity contribution in [3.63, 3.8) is 0 Å². The number of nitriles is 2. The number of amides is 8. The average molecular weight is 1260 g/mol. The number of hydrogen-bond donors (Lipinski definition) is 0. The first-order valence-electron chi connectivity index (χ1n) is 33.8. The zero-order chi connectivity index (χ0) is 64.7. The van der Waals surface area contributed by atoms with Crippen molar-refractivity contribution in [3.8, 4) is 23.3 Å². The highest BCUT2D eigenvalue weighted by Crippen LogP contribution is 2.72. The van der Waals surface area contributed by atoms with Crippen LogP contribution in [0.3, 0.4) is 0 Å². The molecule has 5 aromatic carbocycles. The Bertz CT molecular complexity index is 4290. The summed E-state index contributed by atoms with van der Waals surface area (Å²) in [4.78, 5) is 119. The smallest absolute Gasteiger partial charge is 0.269 e. The van der Waals surface area contributed by atoms with Crippen LogP contribution in [-0.4, -0.2) is 52.2 Å². The number of carbonyl (C=O) groups is 8. The lowest BCUT2D eigenvalue weighted by molar-refractivity contribution is -0.384. The molecule has 0 N–H and O–H groups in total. The molecular formula is C78H65N7O10. The van der Waals surface area contributed by atoms with E-state index < -0.39 is 4.92 Å². The van der Waals surface area contributed by atoms with E-state index in [-0.39, 0.29) is 124 Å². The molecule has 8 saturated carbocycles. The summed E-state index contributed by atoms with van der Waals surface area (Å²) >= 11 is 0. The van der Waals surface area contributed by atoms with Crippen molar-refractivity contribution in [2.24, 2.45) is 142 Å². The highest BCUT2D eigenvalue weighted by molar-refractivity contribution is 6.25. The number of carbonyl (C=O) groups excluding carboxylic acids is 8. The number of nitro benzene ring substituents is 1. The Labute approximate surface area is 547 Å². The molecule has 0 aromatic heterocycles. The maximum Gasteiger partial charge on any atom is 0.269 e. The van der Waals surface area contributed by atoms with Gasteiger partial charge in [-0.3, -0.25) is 68.1 Å². The van der Waals surface area contributed by atoms with Crippen LogP contribution in [0.25, 0.3) is 11.1 Å². The van der Waals surface area contributed by atoms with Crippen LogP contribution in [0.15, 0.2) is 176 Å². The fraction of sp³-hybridized carbons (Fsp3) is 0.385. The van der Waals surface area contributed by atoms with Gasteiger partial charge in [0.25, 0.3) is 5.69 Å². The van der Waals surface area contributed by atoms with Gasteiger partial charge in [-0.2, -0.15) is 10.5 Å². The maximum absolute atomic E-state index is 13.2. The van der Waals surface area contributed by atoms with Gasteiger partial charge in [-0.05, 0) is 217 Å². The molecule has 24 unspecified atom stereocenters. The predicted molar refractivity (Wildman–Crippen MR) is 345 cm³/mol. The Hall–Kier alpha value is -10.0. The summed E-state index contributed by atoms with van der Waals surface area (Å²) in [5.74, 6) is 5.66. The molecule has 4 saturated heterocycles. The lowest BCUT2D eigenvalue weighted by Gasteiger charge is -2.36. The van der Waals surface area contributed by atoms with Crippen molar-refractivity contribution < 1.29 is 43.3 Å². The van der Waals surface area contributed by atoms with E-state index in [0.717, 1.165) is 36.8 Å². The van der Waals surface area contributed by atoms with E-state index in [9.17, 15) is 48.5 Å². The van der Waals surface area contributed by atoms with Crippen molar-refractivity contribution in [1.82, 2.24) is 0 Å². The van der Waals surface area contributed by atoms with Crippen molar-refractivity contribution in [2.45, 2.75) is 38.5 Å². The van der Waals surface area contributed by atoms with Crippen LogP contribution >= 0.6 is 0 Å². The van der Waals surface area contributed by atoms with Crippen LogP contribution in [0.5, 0.6) is 0 Å². The summed E-state index contributed by atoms with van der Waals surface area (Å²) in [6.45, 7) is 0. The number of allylic oxidation sites excluding steroid dienone is 8. The van der Waals surface area contributed by atoms with Gasteiger partial charge in [-0.25, -0.2) is 0 Å². The Morgan fingerprint density at radius 1 is 0.316 bits per heavy atom. The van der Waals surface area contributed by atoms with Crippen LogP contribution in [0, 0.1) is 175 Å². The number of imide groups is 4. The van der Waals surface area contributed by atoms with Crippen molar-refractivity contribution in [2.75, 3.05) is 19.6 Å². The third-order valence-corrected chi connectivity index (χ3v) is 25.9. The molecule has 0 spiro atoms. The molecule has 12 bridgehead atoms. The second kappa shape index (κ2) is 21.3. The van der Waals surface area contributed by atoms with E-state index in [1.807, 2.05) is 48.5 Å². The number of non-ortho nitro benzene ring substituents is 1. The Kier molecular flexibility index (Phi) is 12.9. The lowest BCUT2D eigenvalue weighted by Crippen LogP contribution is -2.38. The summed E-state index contributed by atoms with van der Waals surface area (Å²) in [6, 6.07) is 41.1. The third-order valence-electron chi connectivity index (χ3n) is 25.9. The van der Waals surface area contributed by atoms with Crippen molar-refractivity contribution >= 4 is 75.7 Å². The number of benzene rings is 5. The molecule has 8 amide bonds. The molecule has 17 nitrogen and oxygen atoms in total. The summed E-state index contributed by atoms with van der Waals surface area (Å²) in [7, 11) is 0. The third kappa shape index (κ3) is 8.23. The van der Waals surface area contributed by atoms with E-state index in [1.165, 1.54) is 56.7 Å². The van der Waals surface area contributed by atoms with Crippen molar-refractivity contribution in [1.29, 1.82) is 10.5 Å². The Balaban J connectivity index is 0.0000000931. The van der Waals surface area contributed by atoms with Gasteiger partial charge in [0.05, 0.1) is 98.3 Å². The first kappa shape index (κ1) is 57.6. The SMILES string of the molecule is N#Cc1ccc(N2C(=O)C3C4C=CC(C4)C3C2=O)cc1.N#Cc1ccc(N2C(=O)C3C4CC(C3C2=O)C2C3C=CC(C3)C42)cc1.O=C1C2C3C=CC(C3)C2C(=O)N1c1ccc(-c2ccccc2)cc1.O=C1C2C3CC(C2C(=O)N1c1ccc([N+](=O)[O-])cc1)C1C2C=CC(C2)C31. The summed E-state index contributed by atoms with van der Waals surface area (Å²) in [6.07, 6.45) is 24.2. The molecule has 21 rings (SSSR count). The van der Waals surface area contributed by atoms with Crippen LogP contribution in [0.1, 0.15) is 49.7 Å². The predicted octanol–water partition coefficient (Wildman–Crippen LogP) is 11.1. The molecule has 12 aliphatic carbocycles. The van der Waals surface area contributed by atoms with Gasteiger partial charge in [0.15, 0.2) is 0 Å². The molecule has 16 aliphatic rings. The highest BCUT2D eigenvalue weighted by Gasteiger charge is 2.73. The molecule has 4 aliphatic heterocycles. The maximum atomic E-state index is 13.2. The van der Waals surface area contributed by atoms with Gasteiger partial charge < -0.3 is 0 Å².